The minimum atomic E-state index is -0.450. The molecule has 2 N–H and O–H groups in total. The lowest BCUT2D eigenvalue weighted by atomic mass is 9.76. The Morgan fingerprint density at radius 1 is 1.30 bits per heavy atom. The van der Waals surface area contributed by atoms with Crippen molar-refractivity contribution in [1.29, 1.82) is 0 Å². The molecule has 0 aromatic heterocycles. The molecule has 1 aromatic rings. The van der Waals surface area contributed by atoms with Gasteiger partial charge in [-0.1, -0.05) is 37.0 Å². The summed E-state index contributed by atoms with van der Waals surface area (Å²) in [5.41, 5.74) is 6.66. The highest BCUT2D eigenvalue weighted by Crippen LogP contribution is 2.37. The number of nitrogens with two attached hydrogens (primary N) is 1. The van der Waals surface area contributed by atoms with Crippen molar-refractivity contribution in [3.63, 3.8) is 0 Å². The van der Waals surface area contributed by atoms with Crippen molar-refractivity contribution in [3.05, 3.63) is 27.7 Å². The molecular formula is C15H19Cl2NO2. The van der Waals surface area contributed by atoms with Gasteiger partial charge in [0.1, 0.15) is 6.10 Å². The van der Waals surface area contributed by atoms with E-state index in [0.717, 1.165) is 25.7 Å². The number of carbonyl (C=O) groups is 1. The molecule has 0 spiro atoms. The van der Waals surface area contributed by atoms with Gasteiger partial charge in [-0.05, 0) is 43.2 Å². The van der Waals surface area contributed by atoms with E-state index in [2.05, 4.69) is 13.8 Å². The number of anilines is 1. The first-order valence-electron chi connectivity index (χ1n) is 6.74. The average molecular weight is 316 g/mol. The summed E-state index contributed by atoms with van der Waals surface area (Å²) in [4.78, 5) is 12.2. The Kier molecular flexibility index (Phi) is 4.50. The molecule has 0 radical (unpaired) electrons. The van der Waals surface area contributed by atoms with Gasteiger partial charge in [0.05, 0.1) is 15.6 Å². The number of hydrogen-bond acceptors (Lipinski definition) is 3. The molecule has 2 rings (SSSR count). The molecule has 5 heteroatoms. The smallest absolute Gasteiger partial charge is 0.340 e. The largest absolute Gasteiger partial charge is 0.459 e. The van der Waals surface area contributed by atoms with Crippen molar-refractivity contribution in [3.8, 4) is 0 Å². The van der Waals surface area contributed by atoms with Crippen LogP contribution in [0.1, 0.15) is 49.9 Å². The molecule has 1 aliphatic carbocycles. The van der Waals surface area contributed by atoms with Crippen molar-refractivity contribution in [2.24, 2.45) is 5.41 Å². The van der Waals surface area contributed by atoms with Crippen LogP contribution in [0.25, 0.3) is 0 Å². The second-order valence-corrected chi connectivity index (χ2v) is 6.92. The summed E-state index contributed by atoms with van der Waals surface area (Å²) in [5.74, 6) is -0.450. The Labute approximate surface area is 129 Å². The van der Waals surface area contributed by atoms with Crippen LogP contribution in [0.2, 0.25) is 10.0 Å². The molecule has 1 saturated carbocycles. The molecule has 20 heavy (non-hydrogen) atoms. The van der Waals surface area contributed by atoms with E-state index in [1.165, 1.54) is 12.1 Å². The Morgan fingerprint density at radius 3 is 2.50 bits per heavy atom. The van der Waals surface area contributed by atoms with Crippen LogP contribution in [0.5, 0.6) is 0 Å². The van der Waals surface area contributed by atoms with Crippen LogP contribution in [-0.2, 0) is 4.74 Å². The van der Waals surface area contributed by atoms with Crippen LogP contribution in [-0.4, -0.2) is 12.1 Å². The predicted octanol–water partition coefficient (Wildman–Crippen LogP) is 4.70. The van der Waals surface area contributed by atoms with Crippen molar-refractivity contribution < 1.29 is 9.53 Å². The topological polar surface area (TPSA) is 52.3 Å². The fourth-order valence-corrected chi connectivity index (χ4v) is 2.88. The number of ether oxygens (including phenoxy) is 1. The molecule has 1 aromatic carbocycles. The lowest BCUT2D eigenvalue weighted by molar-refractivity contribution is 0.00953. The Morgan fingerprint density at radius 2 is 1.90 bits per heavy atom. The summed E-state index contributed by atoms with van der Waals surface area (Å²) in [7, 11) is 0. The van der Waals surface area contributed by atoms with Crippen LogP contribution < -0.4 is 5.73 Å². The summed E-state index contributed by atoms with van der Waals surface area (Å²) in [6, 6.07) is 3.02. The lowest BCUT2D eigenvalue weighted by Gasteiger charge is -2.33. The zero-order chi connectivity index (χ0) is 14.9. The number of rotatable bonds is 2. The van der Waals surface area contributed by atoms with Gasteiger partial charge in [0.25, 0.3) is 0 Å². The molecule has 0 bridgehead atoms. The van der Waals surface area contributed by atoms with E-state index in [0.29, 0.717) is 11.1 Å². The molecule has 1 fully saturated rings. The number of benzene rings is 1. The van der Waals surface area contributed by atoms with Gasteiger partial charge in [-0.2, -0.15) is 0 Å². The van der Waals surface area contributed by atoms with E-state index in [1.54, 1.807) is 0 Å². The van der Waals surface area contributed by atoms with Gasteiger partial charge >= 0.3 is 5.97 Å². The lowest BCUT2D eigenvalue weighted by Crippen LogP contribution is -2.28. The van der Waals surface area contributed by atoms with E-state index in [-0.39, 0.29) is 21.7 Å². The number of halogens is 2. The monoisotopic (exact) mass is 315 g/mol. The quantitative estimate of drug-likeness (QED) is 0.635. The van der Waals surface area contributed by atoms with Crippen LogP contribution in [0.15, 0.2) is 12.1 Å². The molecule has 0 heterocycles. The number of nitrogen functional groups attached to an aromatic ring is 1. The second kappa shape index (κ2) is 5.82. The second-order valence-electron chi connectivity index (χ2n) is 6.13. The van der Waals surface area contributed by atoms with Crippen molar-refractivity contribution in [2.45, 2.75) is 45.6 Å². The van der Waals surface area contributed by atoms with Gasteiger partial charge in [0, 0.05) is 5.69 Å². The van der Waals surface area contributed by atoms with Crippen molar-refractivity contribution in [1.82, 2.24) is 0 Å². The Hall–Kier alpha value is -0.930. The number of carbonyl (C=O) groups excluding carboxylic acids is 1. The Bertz CT molecular complexity index is 519. The summed E-state index contributed by atoms with van der Waals surface area (Å²) in [6.07, 6.45) is 3.82. The molecule has 0 aliphatic heterocycles. The highest BCUT2D eigenvalue weighted by atomic mass is 35.5. The molecule has 0 amide bonds. The van der Waals surface area contributed by atoms with Gasteiger partial charge in [0.2, 0.25) is 0 Å². The van der Waals surface area contributed by atoms with Gasteiger partial charge in [-0.3, -0.25) is 0 Å². The van der Waals surface area contributed by atoms with Crippen molar-refractivity contribution >= 4 is 34.9 Å². The van der Waals surface area contributed by atoms with Gasteiger partial charge in [0.15, 0.2) is 0 Å². The van der Waals surface area contributed by atoms with Crippen LogP contribution in [0, 0.1) is 5.41 Å². The SMILES string of the molecule is CC1(C)CCC(OC(=O)c2cc(N)cc(Cl)c2Cl)CC1. The van der Waals surface area contributed by atoms with Gasteiger partial charge in [-0.15, -0.1) is 0 Å². The third kappa shape index (κ3) is 3.58. The maximum Gasteiger partial charge on any atom is 0.340 e. The average Bonchev–Trinajstić information content (AvgIpc) is 2.36. The molecule has 0 unspecified atom stereocenters. The standard InChI is InChI=1S/C15H19Cl2NO2/c1-15(2)5-3-10(4-6-15)20-14(19)11-7-9(18)8-12(16)13(11)17/h7-8,10H,3-6,18H2,1-2H3. The van der Waals surface area contributed by atoms with Gasteiger partial charge < -0.3 is 10.5 Å². The maximum absolute atomic E-state index is 12.2. The molecule has 0 saturated heterocycles. The van der Waals surface area contributed by atoms with Crippen LogP contribution in [0.3, 0.4) is 0 Å². The fraction of sp³-hybridized carbons (Fsp3) is 0.533. The summed E-state index contributed by atoms with van der Waals surface area (Å²) in [5, 5.41) is 0.463. The van der Waals surface area contributed by atoms with Gasteiger partial charge in [-0.25, -0.2) is 4.79 Å². The zero-order valence-electron chi connectivity index (χ0n) is 11.7. The molecule has 1 aliphatic rings. The third-order valence-electron chi connectivity index (χ3n) is 3.83. The maximum atomic E-state index is 12.2. The van der Waals surface area contributed by atoms with E-state index in [9.17, 15) is 4.79 Å². The minimum absolute atomic E-state index is 0.0493. The molecule has 110 valence electrons. The van der Waals surface area contributed by atoms with Crippen molar-refractivity contribution in [2.75, 3.05) is 5.73 Å². The summed E-state index contributed by atoms with van der Waals surface area (Å²) >= 11 is 12.0. The molecular weight excluding hydrogens is 297 g/mol. The van der Waals surface area contributed by atoms with Crippen LogP contribution in [0.4, 0.5) is 5.69 Å². The number of hydrogen-bond donors (Lipinski definition) is 1. The van der Waals surface area contributed by atoms with Crippen LogP contribution >= 0.6 is 23.2 Å². The predicted molar refractivity (Wildman–Crippen MR) is 82.3 cm³/mol. The molecule has 0 atom stereocenters. The highest BCUT2D eigenvalue weighted by molar-refractivity contribution is 6.44. The number of esters is 1. The van der Waals surface area contributed by atoms with E-state index >= 15 is 0 Å². The normalized spacial score (nSPS) is 18.8. The summed E-state index contributed by atoms with van der Waals surface area (Å²) < 4.78 is 5.52. The fourth-order valence-electron chi connectivity index (χ4n) is 2.46. The Balaban J connectivity index is 2.06. The van der Waals surface area contributed by atoms with E-state index in [1.807, 2.05) is 0 Å². The van der Waals surface area contributed by atoms with E-state index in [4.69, 9.17) is 33.7 Å². The first kappa shape index (κ1) is 15.5. The minimum Gasteiger partial charge on any atom is -0.459 e. The molecule has 3 nitrogen and oxygen atoms in total. The zero-order valence-corrected chi connectivity index (χ0v) is 13.2. The highest BCUT2D eigenvalue weighted by Gasteiger charge is 2.29. The summed E-state index contributed by atoms with van der Waals surface area (Å²) in [6.45, 7) is 4.47. The third-order valence-corrected chi connectivity index (χ3v) is 4.63. The van der Waals surface area contributed by atoms with E-state index < -0.39 is 5.97 Å². The first-order valence-corrected chi connectivity index (χ1v) is 7.49. The first-order chi connectivity index (χ1) is 9.28.